The summed E-state index contributed by atoms with van der Waals surface area (Å²) < 4.78 is 7.01. The molecule has 0 fully saturated rings. The van der Waals surface area contributed by atoms with Crippen molar-refractivity contribution in [1.82, 2.24) is 4.57 Å². The van der Waals surface area contributed by atoms with E-state index in [1.165, 1.54) is 12.8 Å². The lowest BCUT2D eigenvalue weighted by Gasteiger charge is -2.12. The van der Waals surface area contributed by atoms with Gasteiger partial charge in [-0.15, -0.1) is 0 Å². The molecule has 0 aliphatic rings. The smallest absolute Gasteiger partial charge is 0.339 e. The molecule has 0 spiro atoms. The first-order chi connectivity index (χ1) is 7.52. The number of hydrogen-bond acceptors (Lipinski definition) is 2. The SMILES string of the molecule is CCCn1c(C(C)C)cc(C(=O)OC)c1C. The molecule has 1 rings (SSSR count). The normalized spacial score (nSPS) is 10.9. The molecule has 0 bridgehead atoms. The average molecular weight is 223 g/mol. The van der Waals surface area contributed by atoms with Crippen LogP contribution in [0.2, 0.25) is 0 Å². The van der Waals surface area contributed by atoms with E-state index < -0.39 is 0 Å². The maximum absolute atomic E-state index is 11.6. The van der Waals surface area contributed by atoms with Crippen LogP contribution < -0.4 is 0 Å². The summed E-state index contributed by atoms with van der Waals surface area (Å²) in [5.74, 6) is 0.179. The topological polar surface area (TPSA) is 31.2 Å². The van der Waals surface area contributed by atoms with Gasteiger partial charge < -0.3 is 9.30 Å². The Morgan fingerprint density at radius 1 is 1.50 bits per heavy atom. The van der Waals surface area contributed by atoms with Gasteiger partial charge in [0.15, 0.2) is 0 Å². The summed E-state index contributed by atoms with van der Waals surface area (Å²) >= 11 is 0. The lowest BCUT2D eigenvalue weighted by Crippen LogP contribution is -2.07. The maximum Gasteiger partial charge on any atom is 0.339 e. The molecule has 0 radical (unpaired) electrons. The minimum atomic E-state index is -0.241. The van der Waals surface area contributed by atoms with Gasteiger partial charge in [-0.3, -0.25) is 0 Å². The molecule has 0 aromatic carbocycles. The third kappa shape index (κ3) is 2.29. The average Bonchev–Trinajstić information content (AvgIpc) is 2.57. The van der Waals surface area contributed by atoms with E-state index in [0.29, 0.717) is 11.5 Å². The number of carbonyl (C=O) groups excluding carboxylic acids is 1. The minimum Gasteiger partial charge on any atom is -0.465 e. The predicted octanol–water partition coefficient (Wildman–Crippen LogP) is 3.12. The fourth-order valence-corrected chi connectivity index (χ4v) is 1.98. The number of ether oxygens (including phenoxy) is 1. The van der Waals surface area contributed by atoms with E-state index in [2.05, 4.69) is 25.3 Å². The van der Waals surface area contributed by atoms with Gasteiger partial charge in [0.2, 0.25) is 0 Å². The fraction of sp³-hybridized carbons (Fsp3) is 0.615. The van der Waals surface area contributed by atoms with Crippen molar-refractivity contribution in [2.45, 2.75) is 46.6 Å². The molecule has 0 saturated heterocycles. The predicted molar refractivity (Wildman–Crippen MR) is 64.9 cm³/mol. The molecule has 0 unspecified atom stereocenters. The van der Waals surface area contributed by atoms with Crippen LogP contribution in [-0.2, 0) is 11.3 Å². The molecule has 1 aromatic heterocycles. The van der Waals surface area contributed by atoms with Gasteiger partial charge in [0.1, 0.15) is 0 Å². The molecule has 0 saturated carbocycles. The first-order valence-electron chi connectivity index (χ1n) is 5.81. The van der Waals surface area contributed by atoms with Crippen LogP contribution in [0.3, 0.4) is 0 Å². The quantitative estimate of drug-likeness (QED) is 0.734. The molecule has 16 heavy (non-hydrogen) atoms. The van der Waals surface area contributed by atoms with E-state index in [-0.39, 0.29) is 5.97 Å². The van der Waals surface area contributed by atoms with E-state index in [4.69, 9.17) is 4.74 Å². The van der Waals surface area contributed by atoms with Crippen molar-refractivity contribution >= 4 is 5.97 Å². The fourth-order valence-electron chi connectivity index (χ4n) is 1.98. The molecule has 0 aliphatic carbocycles. The first-order valence-corrected chi connectivity index (χ1v) is 5.81. The van der Waals surface area contributed by atoms with Crippen molar-refractivity contribution < 1.29 is 9.53 Å². The number of hydrogen-bond donors (Lipinski definition) is 0. The van der Waals surface area contributed by atoms with E-state index in [9.17, 15) is 4.79 Å². The molecule has 1 heterocycles. The van der Waals surface area contributed by atoms with Crippen molar-refractivity contribution in [2.75, 3.05) is 7.11 Å². The summed E-state index contributed by atoms with van der Waals surface area (Å²) in [4.78, 5) is 11.6. The highest BCUT2D eigenvalue weighted by molar-refractivity contribution is 5.91. The highest BCUT2D eigenvalue weighted by Crippen LogP contribution is 2.23. The summed E-state index contributed by atoms with van der Waals surface area (Å²) in [5.41, 5.74) is 2.91. The summed E-state index contributed by atoms with van der Waals surface area (Å²) in [6.45, 7) is 9.36. The second-order valence-electron chi connectivity index (χ2n) is 4.37. The Morgan fingerprint density at radius 2 is 2.12 bits per heavy atom. The number of nitrogens with zero attached hydrogens (tertiary/aromatic N) is 1. The minimum absolute atomic E-state index is 0.241. The van der Waals surface area contributed by atoms with Crippen LogP contribution in [0.25, 0.3) is 0 Å². The van der Waals surface area contributed by atoms with Crippen molar-refractivity contribution in [3.63, 3.8) is 0 Å². The Balaban J connectivity index is 3.23. The molecule has 90 valence electrons. The van der Waals surface area contributed by atoms with Crippen LogP contribution in [0.4, 0.5) is 0 Å². The lowest BCUT2D eigenvalue weighted by atomic mass is 10.1. The number of rotatable bonds is 4. The van der Waals surface area contributed by atoms with Crippen LogP contribution >= 0.6 is 0 Å². The number of carbonyl (C=O) groups is 1. The third-order valence-electron chi connectivity index (χ3n) is 2.84. The van der Waals surface area contributed by atoms with Crippen molar-refractivity contribution in [2.24, 2.45) is 0 Å². The number of aromatic nitrogens is 1. The van der Waals surface area contributed by atoms with Gasteiger partial charge >= 0.3 is 5.97 Å². The summed E-state index contributed by atoms with van der Waals surface area (Å²) in [7, 11) is 1.42. The maximum atomic E-state index is 11.6. The molecule has 3 nitrogen and oxygen atoms in total. The molecule has 0 amide bonds. The highest BCUT2D eigenvalue weighted by atomic mass is 16.5. The molecule has 0 N–H and O–H groups in total. The molecule has 0 atom stereocenters. The number of methoxy groups -OCH3 is 1. The van der Waals surface area contributed by atoms with Gasteiger partial charge in [-0.2, -0.15) is 0 Å². The zero-order valence-electron chi connectivity index (χ0n) is 10.8. The zero-order valence-corrected chi connectivity index (χ0v) is 10.8. The van der Waals surface area contributed by atoms with Gasteiger partial charge in [-0.25, -0.2) is 4.79 Å². The summed E-state index contributed by atoms with van der Waals surface area (Å²) in [6, 6.07) is 1.96. The molecule has 0 aliphatic heterocycles. The van der Waals surface area contributed by atoms with Crippen LogP contribution in [0.15, 0.2) is 6.07 Å². The Kier molecular flexibility index (Phi) is 4.16. The van der Waals surface area contributed by atoms with Crippen molar-refractivity contribution in [1.29, 1.82) is 0 Å². The van der Waals surface area contributed by atoms with Gasteiger partial charge in [0.25, 0.3) is 0 Å². The summed E-state index contributed by atoms with van der Waals surface area (Å²) in [6.07, 6.45) is 1.07. The van der Waals surface area contributed by atoms with Gasteiger partial charge in [0, 0.05) is 17.9 Å². The Labute approximate surface area is 97.4 Å². The van der Waals surface area contributed by atoms with Crippen LogP contribution in [0, 0.1) is 6.92 Å². The van der Waals surface area contributed by atoms with Gasteiger partial charge in [-0.1, -0.05) is 20.8 Å². The van der Waals surface area contributed by atoms with E-state index in [1.807, 2.05) is 13.0 Å². The monoisotopic (exact) mass is 223 g/mol. The van der Waals surface area contributed by atoms with Gasteiger partial charge in [-0.05, 0) is 25.3 Å². The first kappa shape index (κ1) is 12.8. The lowest BCUT2D eigenvalue weighted by molar-refractivity contribution is 0.0600. The van der Waals surface area contributed by atoms with Crippen LogP contribution in [-0.4, -0.2) is 17.6 Å². The standard InChI is InChI=1S/C13H21NO2/c1-6-7-14-10(4)11(13(15)16-5)8-12(14)9(2)3/h8-9H,6-7H2,1-5H3. The van der Waals surface area contributed by atoms with Crippen LogP contribution in [0.1, 0.15) is 54.9 Å². The highest BCUT2D eigenvalue weighted by Gasteiger charge is 2.18. The van der Waals surface area contributed by atoms with Crippen LogP contribution in [0.5, 0.6) is 0 Å². The molecular formula is C13H21NO2. The third-order valence-corrected chi connectivity index (χ3v) is 2.84. The second-order valence-corrected chi connectivity index (χ2v) is 4.37. The van der Waals surface area contributed by atoms with E-state index >= 15 is 0 Å². The Hall–Kier alpha value is -1.25. The van der Waals surface area contributed by atoms with Crippen molar-refractivity contribution in [3.8, 4) is 0 Å². The summed E-state index contributed by atoms with van der Waals surface area (Å²) in [5, 5.41) is 0. The van der Waals surface area contributed by atoms with Gasteiger partial charge in [0.05, 0.1) is 12.7 Å². The Bertz CT molecular complexity index is 378. The number of esters is 1. The molecule has 1 aromatic rings. The van der Waals surface area contributed by atoms with Crippen molar-refractivity contribution in [3.05, 3.63) is 23.0 Å². The zero-order chi connectivity index (χ0) is 12.3. The second kappa shape index (κ2) is 5.19. The van der Waals surface area contributed by atoms with E-state index in [1.54, 1.807) is 0 Å². The Morgan fingerprint density at radius 3 is 2.56 bits per heavy atom. The molecular weight excluding hydrogens is 202 g/mol. The molecule has 3 heteroatoms. The largest absolute Gasteiger partial charge is 0.465 e. The van der Waals surface area contributed by atoms with E-state index in [0.717, 1.165) is 18.7 Å².